The number of nitrogens with zero attached hydrogens (tertiary/aromatic N) is 1. The number of amides is 1. The van der Waals surface area contributed by atoms with Crippen molar-refractivity contribution in [2.45, 2.75) is 38.3 Å². The van der Waals surface area contributed by atoms with E-state index in [1.54, 1.807) is 19.2 Å². The maximum absolute atomic E-state index is 12.4. The zero-order valence-corrected chi connectivity index (χ0v) is 15.5. The molecule has 0 radical (unpaired) electrons. The summed E-state index contributed by atoms with van der Waals surface area (Å²) in [5.74, 6) is -0.862. The largest absolute Gasteiger partial charge is 0.449 e. The average Bonchev–Trinajstić information content (AvgIpc) is 2.62. The van der Waals surface area contributed by atoms with Gasteiger partial charge in [0.15, 0.2) is 6.10 Å². The van der Waals surface area contributed by atoms with Gasteiger partial charge in [-0.15, -0.1) is 0 Å². The van der Waals surface area contributed by atoms with E-state index in [1.807, 2.05) is 18.2 Å². The van der Waals surface area contributed by atoms with Gasteiger partial charge in [-0.3, -0.25) is 9.78 Å². The van der Waals surface area contributed by atoms with Crippen LogP contribution in [0.5, 0.6) is 0 Å². The summed E-state index contributed by atoms with van der Waals surface area (Å²) in [4.78, 5) is 28.5. The number of carbonyl (C=O) groups excluding carboxylic acids is 2. The molecule has 130 valence electrons. The van der Waals surface area contributed by atoms with Crippen molar-refractivity contribution in [3.63, 3.8) is 0 Å². The molecule has 3 rings (SSSR count). The first-order valence-electron chi connectivity index (χ1n) is 8.24. The van der Waals surface area contributed by atoms with Gasteiger partial charge in [0.1, 0.15) is 0 Å². The second-order valence-corrected chi connectivity index (χ2v) is 7.01. The molecular weight excluding hydrogens is 384 g/mol. The second kappa shape index (κ2) is 7.78. The number of benzene rings is 1. The van der Waals surface area contributed by atoms with Gasteiger partial charge >= 0.3 is 5.97 Å². The van der Waals surface area contributed by atoms with Crippen molar-refractivity contribution in [2.24, 2.45) is 0 Å². The predicted molar refractivity (Wildman–Crippen MR) is 97.1 cm³/mol. The molecule has 1 aliphatic carbocycles. The van der Waals surface area contributed by atoms with Crippen LogP contribution in [0.25, 0.3) is 0 Å². The number of ether oxygens (including phenoxy) is 1. The quantitative estimate of drug-likeness (QED) is 0.793. The minimum Gasteiger partial charge on any atom is -0.449 e. The molecule has 0 aliphatic heterocycles. The summed E-state index contributed by atoms with van der Waals surface area (Å²) in [6.45, 7) is 1.58. The average molecular weight is 403 g/mol. The highest BCUT2D eigenvalue weighted by Gasteiger charge is 2.25. The Balaban J connectivity index is 1.63. The van der Waals surface area contributed by atoms with Crippen LogP contribution in [0.2, 0.25) is 0 Å². The molecule has 1 aliphatic rings. The second-order valence-electron chi connectivity index (χ2n) is 6.09. The molecule has 1 heterocycles. The first-order chi connectivity index (χ1) is 12.0. The number of nitrogens with one attached hydrogen (secondary N) is 1. The molecule has 0 saturated heterocycles. The molecular formula is C19H19BrN2O3. The third-order valence-corrected chi connectivity index (χ3v) is 4.71. The third kappa shape index (κ3) is 4.25. The summed E-state index contributed by atoms with van der Waals surface area (Å²) in [5.41, 5.74) is 2.72. The van der Waals surface area contributed by atoms with E-state index in [4.69, 9.17) is 4.74 Å². The fraction of sp³-hybridized carbons (Fsp3) is 0.316. The van der Waals surface area contributed by atoms with Gasteiger partial charge in [0.25, 0.3) is 5.91 Å². The number of hydrogen-bond donors (Lipinski definition) is 1. The highest BCUT2D eigenvalue weighted by Crippen LogP contribution is 2.29. The maximum atomic E-state index is 12.4. The molecule has 0 bridgehead atoms. The fourth-order valence-corrected chi connectivity index (χ4v) is 3.36. The molecule has 2 atom stereocenters. The molecule has 1 amide bonds. The number of carbonyl (C=O) groups is 2. The molecule has 6 heteroatoms. The Labute approximate surface area is 154 Å². The highest BCUT2D eigenvalue weighted by atomic mass is 79.9. The van der Waals surface area contributed by atoms with Crippen LogP contribution in [-0.2, 0) is 16.0 Å². The Morgan fingerprint density at radius 2 is 2.12 bits per heavy atom. The van der Waals surface area contributed by atoms with Crippen molar-refractivity contribution in [2.75, 3.05) is 0 Å². The smallest absolute Gasteiger partial charge is 0.340 e. The lowest BCUT2D eigenvalue weighted by atomic mass is 9.87. The Kier molecular flexibility index (Phi) is 5.48. The molecule has 2 aromatic rings. The highest BCUT2D eigenvalue weighted by molar-refractivity contribution is 9.10. The van der Waals surface area contributed by atoms with Gasteiger partial charge in [0.2, 0.25) is 0 Å². The lowest BCUT2D eigenvalue weighted by molar-refractivity contribution is -0.130. The summed E-state index contributed by atoms with van der Waals surface area (Å²) in [6.07, 6.45) is 5.06. The van der Waals surface area contributed by atoms with Crippen molar-refractivity contribution in [3.05, 3.63) is 63.9 Å². The van der Waals surface area contributed by atoms with Gasteiger partial charge in [0, 0.05) is 16.9 Å². The van der Waals surface area contributed by atoms with E-state index in [1.165, 1.54) is 11.8 Å². The Bertz CT molecular complexity index is 794. The van der Waals surface area contributed by atoms with Gasteiger partial charge < -0.3 is 10.1 Å². The lowest BCUT2D eigenvalue weighted by Crippen LogP contribution is -2.39. The SMILES string of the molecule is C[C@H](OC(=O)c1cncc(Br)c1)C(=O)N[C@H]1CCCc2ccccc21. The van der Waals surface area contributed by atoms with Gasteiger partial charge in [-0.1, -0.05) is 24.3 Å². The van der Waals surface area contributed by atoms with Crippen molar-refractivity contribution >= 4 is 27.8 Å². The molecule has 5 nitrogen and oxygen atoms in total. The molecule has 0 fully saturated rings. The molecule has 25 heavy (non-hydrogen) atoms. The predicted octanol–water partition coefficient (Wildman–Crippen LogP) is 3.58. The number of aromatic nitrogens is 1. The van der Waals surface area contributed by atoms with Crippen LogP contribution in [0.4, 0.5) is 0 Å². The zero-order chi connectivity index (χ0) is 17.8. The van der Waals surface area contributed by atoms with Gasteiger partial charge in [-0.05, 0) is 59.3 Å². The van der Waals surface area contributed by atoms with E-state index >= 15 is 0 Å². The summed E-state index contributed by atoms with van der Waals surface area (Å²) in [6, 6.07) is 9.70. The lowest BCUT2D eigenvalue weighted by Gasteiger charge is -2.27. The first-order valence-corrected chi connectivity index (χ1v) is 9.03. The molecule has 0 spiro atoms. The topological polar surface area (TPSA) is 68.3 Å². The number of aryl methyl sites for hydroxylation is 1. The van der Waals surface area contributed by atoms with E-state index in [-0.39, 0.29) is 11.9 Å². The van der Waals surface area contributed by atoms with Crippen LogP contribution >= 0.6 is 15.9 Å². The number of fused-ring (bicyclic) bond motifs is 1. The summed E-state index contributed by atoms with van der Waals surface area (Å²) >= 11 is 3.26. The van der Waals surface area contributed by atoms with Crippen molar-refractivity contribution in [3.8, 4) is 0 Å². The van der Waals surface area contributed by atoms with E-state index < -0.39 is 12.1 Å². The molecule has 0 saturated carbocycles. The summed E-state index contributed by atoms with van der Waals surface area (Å²) in [5, 5.41) is 3.00. The van der Waals surface area contributed by atoms with Crippen molar-refractivity contribution < 1.29 is 14.3 Å². The van der Waals surface area contributed by atoms with Gasteiger partial charge in [-0.25, -0.2) is 4.79 Å². The number of hydrogen-bond acceptors (Lipinski definition) is 4. The molecule has 1 N–H and O–H groups in total. The van der Waals surface area contributed by atoms with Crippen LogP contribution in [0.15, 0.2) is 47.2 Å². The molecule has 1 aromatic carbocycles. The van der Waals surface area contributed by atoms with E-state index in [2.05, 4.69) is 32.3 Å². The minimum atomic E-state index is -0.874. The Morgan fingerprint density at radius 3 is 2.92 bits per heavy atom. The number of halogens is 1. The normalized spacial score (nSPS) is 17.3. The Morgan fingerprint density at radius 1 is 1.32 bits per heavy atom. The number of pyridine rings is 1. The Hall–Kier alpha value is -2.21. The summed E-state index contributed by atoms with van der Waals surface area (Å²) < 4.78 is 5.95. The first kappa shape index (κ1) is 17.6. The van der Waals surface area contributed by atoms with Crippen molar-refractivity contribution in [1.29, 1.82) is 0 Å². The zero-order valence-electron chi connectivity index (χ0n) is 13.9. The van der Waals surface area contributed by atoms with Crippen LogP contribution in [0.3, 0.4) is 0 Å². The van der Waals surface area contributed by atoms with Crippen LogP contribution in [0, 0.1) is 0 Å². The van der Waals surface area contributed by atoms with Crippen LogP contribution in [-0.4, -0.2) is 23.0 Å². The fourth-order valence-electron chi connectivity index (χ4n) is 3.00. The van der Waals surface area contributed by atoms with Crippen LogP contribution < -0.4 is 5.32 Å². The molecule has 1 aromatic heterocycles. The van der Waals surface area contributed by atoms with E-state index in [0.29, 0.717) is 10.0 Å². The standard InChI is InChI=1S/C19H19BrN2O3/c1-12(25-19(24)14-9-15(20)11-21-10-14)18(23)22-17-8-4-6-13-5-2-3-7-16(13)17/h2-3,5,7,9-12,17H,4,6,8H2,1H3,(H,22,23)/t12-,17-/m0/s1. The monoisotopic (exact) mass is 402 g/mol. The van der Waals surface area contributed by atoms with Gasteiger partial charge in [-0.2, -0.15) is 0 Å². The van der Waals surface area contributed by atoms with E-state index in [0.717, 1.165) is 24.8 Å². The van der Waals surface area contributed by atoms with E-state index in [9.17, 15) is 9.59 Å². The maximum Gasteiger partial charge on any atom is 0.340 e. The number of esters is 1. The van der Waals surface area contributed by atoms with Gasteiger partial charge in [0.05, 0.1) is 11.6 Å². The third-order valence-electron chi connectivity index (χ3n) is 4.28. The minimum absolute atomic E-state index is 0.0360. The van der Waals surface area contributed by atoms with Crippen LogP contribution in [0.1, 0.15) is 47.3 Å². The summed E-state index contributed by atoms with van der Waals surface area (Å²) in [7, 11) is 0. The number of rotatable bonds is 4. The van der Waals surface area contributed by atoms with Crippen molar-refractivity contribution in [1.82, 2.24) is 10.3 Å². The molecule has 0 unspecified atom stereocenters.